The van der Waals surface area contributed by atoms with Crippen LogP contribution in [0, 0.1) is 0 Å². The first-order valence-electron chi connectivity index (χ1n) is 11.3. The van der Waals surface area contributed by atoms with Gasteiger partial charge < -0.3 is 10.4 Å². The minimum atomic E-state index is -1.14. The second-order valence-corrected chi connectivity index (χ2v) is 10.6. The summed E-state index contributed by atoms with van der Waals surface area (Å²) in [6, 6.07) is 3.34. The highest BCUT2D eigenvalue weighted by Crippen LogP contribution is 2.56. The fourth-order valence-electron chi connectivity index (χ4n) is 5.10. The SMILES string of the molecule is CC(C)(O)c1cnn(-c2ncc(NC(=O)[C@H]3CC4(CCC4)c4c3cnc3cc(Cl)nn43)cc2Cl)n1. The molecule has 35 heavy (non-hydrogen) atoms. The molecule has 4 heterocycles. The van der Waals surface area contributed by atoms with E-state index in [0.717, 1.165) is 30.5 Å². The van der Waals surface area contributed by atoms with Crippen LogP contribution in [0.1, 0.15) is 62.4 Å². The van der Waals surface area contributed by atoms with Crippen molar-refractivity contribution in [1.82, 2.24) is 34.6 Å². The largest absolute Gasteiger partial charge is 0.384 e. The van der Waals surface area contributed by atoms with E-state index >= 15 is 0 Å². The lowest BCUT2D eigenvalue weighted by Gasteiger charge is -2.39. The van der Waals surface area contributed by atoms with Crippen molar-refractivity contribution in [3.8, 4) is 5.82 Å². The molecule has 4 aromatic heterocycles. The molecule has 0 saturated heterocycles. The Bertz CT molecular complexity index is 1480. The Labute approximate surface area is 210 Å². The number of rotatable bonds is 4. The number of halogens is 2. The summed E-state index contributed by atoms with van der Waals surface area (Å²) < 4.78 is 1.80. The number of aliphatic hydroxyl groups is 1. The van der Waals surface area contributed by atoms with Crippen LogP contribution in [0.15, 0.2) is 30.7 Å². The van der Waals surface area contributed by atoms with Gasteiger partial charge in [0.15, 0.2) is 16.6 Å². The van der Waals surface area contributed by atoms with Gasteiger partial charge in [-0.2, -0.15) is 10.2 Å². The van der Waals surface area contributed by atoms with Gasteiger partial charge in [0.25, 0.3) is 0 Å². The first-order chi connectivity index (χ1) is 16.6. The lowest BCUT2D eigenvalue weighted by Crippen LogP contribution is -2.34. The van der Waals surface area contributed by atoms with Crippen LogP contribution in [-0.4, -0.2) is 45.6 Å². The monoisotopic (exact) mass is 512 g/mol. The topological polar surface area (TPSA) is 123 Å². The normalized spacial score (nSPS) is 18.6. The van der Waals surface area contributed by atoms with E-state index in [1.165, 1.54) is 17.2 Å². The van der Waals surface area contributed by atoms with Gasteiger partial charge in [-0.25, -0.2) is 14.5 Å². The molecule has 0 bridgehead atoms. The van der Waals surface area contributed by atoms with E-state index in [9.17, 15) is 9.90 Å². The molecular formula is C23H22Cl2N8O2. The Morgan fingerprint density at radius 3 is 2.63 bits per heavy atom. The quantitative estimate of drug-likeness (QED) is 0.426. The highest BCUT2D eigenvalue weighted by atomic mass is 35.5. The summed E-state index contributed by atoms with van der Waals surface area (Å²) in [4.78, 5) is 23.5. The Kier molecular flexibility index (Phi) is 4.93. The zero-order chi connectivity index (χ0) is 24.5. The van der Waals surface area contributed by atoms with Gasteiger partial charge >= 0.3 is 0 Å². The molecule has 0 unspecified atom stereocenters. The highest BCUT2D eigenvalue weighted by Gasteiger charge is 2.52. The van der Waals surface area contributed by atoms with Crippen LogP contribution < -0.4 is 5.32 Å². The predicted octanol–water partition coefficient (Wildman–Crippen LogP) is 3.79. The zero-order valence-corrected chi connectivity index (χ0v) is 20.5. The van der Waals surface area contributed by atoms with E-state index in [1.807, 2.05) is 0 Å². The molecule has 2 aliphatic carbocycles. The van der Waals surface area contributed by atoms with E-state index in [2.05, 4.69) is 30.6 Å². The summed E-state index contributed by atoms with van der Waals surface area (Å²) in [5, 5.41) is 26.5. The molecule has 0 aliphatic heterocycles. The van der Waals surface area contributed by atoms with E-state index in [1.54, 1.807) is 36.7 Å². The summed E-state index contributed by atoms with van der Waals surface area (Å²) in [6.45, 7) is 3.23. The molecule has 1 atom stereocenters. The number of carbonyl (C=O) groups is 1. The zero-order valence-electron chi connectivity index (χ0n) is 19.0. The number of fused-ring (bicyclic) bond motifs is 4. The van der Waals surface area contributed by atoms with Crippen molar-refractivity contribution in [2.24, 2.45) is 0 Å². The van der Waals surface area contributed by atoms with E-state index in [-0.39, 0.29) is 22.3 Å². The van der Waals surface area contributed by atoms with Crippen molar-refractivity contribution >= 4 is 40.4 Å². The number of hydrogen-bond donors (Lipinski definition) is 2. The molecule has 180 valence electrons. The Morgan fingerprint density at radius 2 is 1.97 bits per heavy atom. The van der Waals surface area contributed by atoms with Gasteiger partial charge in [-0.15, -0.1) is 9.90 Å². The summed E-state index contributed by atoms with van der Waals surface area (Å²) in [6.07, 6.45) is 8.57. The molecule has 10 nitrogen and oxygen atoms in total. The third-order valence-electron chi connectivity index (χ3n) is 6.98. The number of amides is 1. The highest BCUT2D eigenvalue weighted by molar-refractivity contribution is 6.32. The fraction of sp³-hybridized carbons (Fsp3) is 0.391. The molecule has 1 saturated carbocycles. The van der Waals surface area contributed by atoms with Crippen LogP contribution in [-0.2, 0) is 15.8 Å². The van der Waals surface area contributed by atoms with E-state index < -0.39 is 5.60 Å². The average Bonchev–Trinajstić information content (AvgIpc) is 3.47. The molecule has 4 aromatic rings. The van der Waals surface area contributed by atoms with Crippen LogP contribution in [0.4, 0.5) is 5.69 Å². The van der Waals surface area contributed by atoms with Crippen molar-refractivity contribution in [2.75, 3.05) is 5.32 Å². The van der Waals surface area contributed by atoms with Gasteiger partial charge in [0.05, 0.1) is 34.7 Å². The van der Waals surface area contributed by atoms with Crippen molar-refractivity contribution in [2.45, 2.75) is 56.5 Å². The van der Waals surface area contributed by atoms with Crippen molar-refractivity contribution < 1.29 is 9.90 Å². The number of hydrogen-bond acceptors (Lipinski definition) is 7. The van der Waals surface area contributed by atoms with Crippen molar-refractivity contribution in [3.63, 3.8) is 0 Å². The van der Waals surface area contributed by atoms with Crippen LogP contribution in [0.25, 0.3) is 11.5 Å². The molecule has 12 heteroatoms. The lowest BCUT2D eigenvalue weighted by molar-refractivity contribution is -0.117. The van der Waals surface area contributed by atoms with Crippen LogP contribution in [0.5, 0.6) is 0 Å². The van der Waals surface area contributed by atoms with E-state index in [0.29, 0.717) is 34.4 Å². The first kappa shape index (κ1) is 22.4. The molecular weight excluding hydrogens is 491 g/mol. The van der Waals surface area contributed by atoms with Crippen LogP contribution >= 0.6 is 23.2 Å². The number of nitrogens with one attached hydrogen (secondary N) is 1. The number of anilines is 1. The van der Waals surface area contributed by atoms with Gasteiger partial charge in [-0.3, -0.25) is 4.79 Å². The Hall–Kier alpha value is -3.08. The number of pyridine rings is 1. The van der Waals surface area contributed by atoms with Crippen LogP contribution in [0.2, 0.25) is 10.2 Å². The maximum Gasteiger partial charge on any atom is 0.232 e. The lowest BCUT2D eigenvalue weighted by atomic mass is 9.66. The maximum atomic E-state index is 13.4. The molecule has 0 radical (unpaired) electrons. The predicted molar refractivity (Wildman–Crippen MR) is 129 cm³/mol. The first-order valence-corrected chi connectivity index (χ1v) is 12.1. The van der Waals surface area contributed by atoms with Gasteiger partial charge in [0.1, 0.15) is 11.3 Å². The van der Waals surface area contributed by atoms with Crippen LogP contribution in [0.3, 0.4) is 0 Å². The van der Waals surface area contributed by atoms with Crippen molar-refractivity contribution in [1.29, 1.82) is 0 Å². The molecule has 0 aromatic carbocycles. The van der Waals surface area contributed by atoms with Gasteiger partial charge in [-0.1, -0.05) is 29.6 Å². The summed E-state index contributed by atoms with van der Waals surface area (Å²) in [5.74, 6) is -0.228. The minimum Gasteiger partial charge on any atom is -0.384 e. The molecule has 6 rings (SSSR count). The summed E-state index contributed by atoms with van der Waals surface area (Å²) in [5.41, 5.74) is 2.23. The molecule has 1 fully saturated rings. The summed E-state index contributed by atoms with van der Waals surface area (Å²) in [7, 11) is 0. The molecule has 1 spiro atoms. The second-order valence-electron chi connectivity index (χ2n) is 9.79. The van der Waals surface area contributed by atoms with Gasteiger partial charge in [-0.05, 0) is 39.2 Å². The smallest absolute Gasteiger partial charge is 0.232 e. The Morgan fingerprint density at radius 1 is 1.17 bits per heavy atom. The molecule has 2 aliphatic rings. The third-order valence-corrected chi connectivity index (χ3v) is 7.44. The van der Waals surface area contributed by atoms with E-state index in [4.69, 9.17) is 23.2 Å². The molecule has 2 N–H and O–H groups in total. The van der Waals surface area contributed by atoms with Crippen molar-refractivity contribution in [3.05, 3.63) is 57.9 Å². The van der Waals surface area contributed by atoms with Gasteiger partial charge in [0.2, 0.25) is 5.91 Å². The summed E-state index contributed by atoms with van der Waals surface area (Å²) >= 11 is 12.6. The standard InChI is InChI=1S/C23H22Cl2N8O2/c1-22(2,35)16-11-28-33(30-16)20-15(24)6-12(9-27-20)29-21(34)13-8-23(4-3-5-23)19-14(13)10-26-18-7-17(25)31-32(18)19/h6-7,9-11,13,35H,3-5,8H2,1-2H3,(H,29,34)/t13-/m0/s1. The Balaban J connectivity index is 1.28. The minimum absolute atomic E-state index is 0.0857. The second kappa shape index (κ2) is 7.71. The molecule has 1 amide bonds. The maximum absolute atomic E-state index is 13.4. The number of aromatic nitrogens is 7. The number of carbonyl (C=O) groups excluding carboxylic acids is 1. The fourth-order valence-corrected chi connectivity index (χ4v) is 5.52. The average molecular weight is 513 g/mol. The van der Waals surface area contributed by atoms with Gasteiger partial charge in [0, 0.05) is 23.2 Å². The number of nitrogens with zero attached hydrogens (tertiary/aromatic N) is 7. The third kappa shape index (κ3) is 3.59.